The Morgan fingerprint density at radius 1 is 0.889 bits per heavy atom. The highest BCUT2D eigenvalue weighted by Gasteiger charge is 2.32. The van der Waals surface area contributed by atoms with Crippen LogP contribution in [0.15, 0.2) is 46.8 Å². The number of nitrogens with zero attached hydrogens (tertiary/aromatic N) is 3. The first-order chi connectivity index (χ1) is 17.4. The van der Waals surface area contributed by atoms with Crippen LogP contribution in [0.1, 0.15) is 17.0 Å². The van der Waals surface area contributed by atoms with Crippen molar-refractivity contribution >= 4 is 28.8 Å². The van der Waals surface area contributed by atoms with Gasteiger partial charge < -0.3 is 24.7 Å². The second kappa shape index (κ2) is 9.90. The zero-order valence-electron chi connectivity index (χ0n) is 20.0. The number of aromatic nitrogens is 1. The summed E-state index contributed by atoms with van der Waals surface area (Å²) in [5, 5.41) is 20.1. The third-order valence-electron chi connectivity index (χ3n) is 5.84. The molecule has 1 unspecified atom stereocenters. The molecular formula is C26H22N4O5S. The van der Waals surface area contributed by atoms with Gasteiger partial charge in [0.25, 0.3) is 5.56 Å². The molecule has 10 heteroatoms. The van der Waals surface area contributed by atoms with Gasteiger partial charge in [-0.05, 0) is 41.5 Å². The number of methoxy groups -OCH3 is 4. The van der Waals surface area contributed by atoms with Crippen molar-refractivity contribution in [3.63, 3.8) is 0 Å². The molecule has 0 bridgehead atoms. The highest BCUT2D eigenvalue weighted by atomic mass is 32.1. The van der Waals surface area contributed by atoms with Crippen LogP contribution < -0.4 is 39.4 Å². The van der Waals surface area contributed by atoms with Crippen LogP contribution in [0.25, 0.3) is 17.5 Å². The van der Waals surface area contributed by atoms with Crippen LogP contribution in [0.4, 0.5) is 0 Å². The van der Waals surface area contributed by atoms with E-state index in [1.54, 1.807) is 42.5 Å². The Bertz CT molecular complexity index is 1650. The molecular weight excluding hydrogens is 480 g/mol. The maximum Gasteiger partial charge on any atom is 0.274 e. The van der Waals surface area contributed by atoms with Crippen LogP contribution in [-0.4, -0.2) is 33.0 Å². The zero-order valence-corrected chi connectivity index (χ0v) is 20.8. The topological polar surface area (TPSA) is 133 Å². The maximum atomic E-state index is 13.4. The fourth-order valence-corrected chi connectivity index (χ4v) is 5.24. The molecule has 1 aromatic heterocycles. The normalized spacial score (nSPS) is 15.1. The smallest absolute Gasteiger partial charge is 0.274 e. The molecule has 3 aromatic rings. The van der Waals surface area contributed by atoms with E-state index in [4.69, 9.17) is 24.7 Å². The van der Waals surface area contributed by atoms with Gasteiger partial charge in [-0.3, -0.25) is 9.36 Å². The molecule has 0 radical (unpaired) electrons. The predicted molar refractivity (Wildman–Crippen MR) is 135 cm³/mol. The third kappa shape index (κ3) is 3.94. The van der Waals surface area contributed by atoms with Gasteiger partial charge in [0, 0.05) is 0 Å². The summed E-state index contributed by atoms with van der Waals surface area (Å²) in [6, 6.07) is 14.7. The number of allylic oxidation sites excluding steroid dienone is 1. The highest BCUT2D eigenvalue weighted by molar-refractivity contribution is 7.07. The molecule has 2 aromatic carbocycles. The van der Waals surface area contributed by atoms with Gasteiger partial charge in [-0.2, -0.15) is 10.5 Å². The molecule has 0 saturated carbocycles. The van der Waals surface area contributed by atoms with Crippen LogP contribution >= 0.6 is 11.3 Å². The lowest BCUT2D eigenvalue weighted by Crippen LogP contribution is -2.38. The lowest BCUT2D eigenvalue weighted by molar-refractivity contribution is 0.354. The van der Waals surface area contributed by atoms with Crippen molar-refractivity contribution in [2.45, 2.75) is 5.92 Å². The van der Waals surface area contributed by atoms with Crippen molar-refractivity contribution in [1.29, 1.82) is 10.5 Å². The number of thiazole rings is 1. The number of ether oxygens (including phenoxy) is 4. The molecule has 0 saturated heterocycles. The summed E-state index contributed by atoms with van der Waals surface area (Å²) in [6.45, 7) is 0. The van der Waals surface area contributed by atoms with Gasteiger partial charge in [0.15, 0.2) is 23.0 Å². The molecule has 1 aliphatic rings. The summed E-state index contributed by atoms with van der Waals surface area (Å²) < 4.78 is 23.3. The lowest BCUT2D eigenvalue weighted by atomic mass is 9.84. The summed E-state index contributed by atoms with van der Waals surface area (Å²) in [4.78, 5) is 13.4. The monoisotopic (exact) mass is 502 g/mol. The van der Waals surface area contributed by atoms with E-state index in [0.29, 0.717) is 43.3 Å². The molecule has 2 N–H and O–H groups in total. The first-order valence-electron chi connectivity index (χ1n) is 10.6. The van der Waals surface area contributed by atoms with Crippen molar-refractivity contribution in [2.75, 3.05) is 28.4 Å². The fraction of sp³-hybridized carbons (Fsp3) is 0.192. The second-order valence-electron chi connectivity index (χ2n) is 7.65. The standard InChI is InChI=1S/C26H22N4O5S/c1-32-18-7-5-14(9-20(18)34-3)10-22-25(31)30-24(29)16(12-27)23(17(13-28)26(30)36-22)15-6-8-19(33-2)21(11-15)35-4/h5-11,23H,29H2,1-4H3/b22-10+. The number of fused-ring (bicyclic) bond motifs is 1. The number of hydrogen-bond donors (Lipinski definition) is 1. The van der Waals surface area contributed by atoms with E-state index in [0.717, 1.165) is 11.3 Å². The number of nitriles is 2. The minimum absolute atomic E-state index is 0.0144. The number of hydrogen-bond acceptors (Lipinski definition) is 9. The van der Waals surface area contributed by atoms with Crippen molar-refractivity contribution in [1.82, 2.24) is 4.57 Å². The van der Waals surface area contributed by atoms with Crippen molar-refractivity contribution in [2.24, 2.45) is 5.73 Å². The van der Waals surface area contributed by atoms with E-state index in [-0.39, 0.29) is 17.0 Å². The Kier molecular flexibility index (Phi) is 6.73. The number of benzene rings is 2. The van der Waals surface area contributed by atoms with Gasteiger partial charge in [-0.1, -0.05) is 12.1 Å². The van der Waals surface area contributed by atoms with E-state index in [1.165, 1.54) is 33.0 Å². The summed E-state index contributed by atoms with van der Waals surface area (Å²) in [7, 11) is 6.08. The van der Waals surface area contributed by atoms with E-state index in [1.807, 2.05) is 0 Å². The SMILES string of the molecule is COc1ccc(/C=c2/sc3n(c2=O)C(N)=C(C#N)C(c2ccc(OC)c(OC)c2)C=3C#N)cc1OC. The van der Waals surface area contributed by atoms with E-state index >= 15 is 0 Å². The first-order valence-corrected chi connectivity index (χ1v) is 11.5. The van der Waals surface area contributed by atoms with Crippen molar-refractivity contribution in [3.05, 3.63) is 72.6 Å². The maximum absolute atomic E-state index is 13.4. The van der Waals surface area contributed by atoms with Crippen LogP contribution in [-0.2, 0) is 0 Å². The molecule has 1 atom stereocenters. The molecule has 9 nitrogen and oxygen atoms in total. The van der Waals surface area contributed by atoms with Crippen molar-refractivity contribution in [3.8, 4) is 35.1 Å². The van der Waals surface area contributed by atoms with Crippen LogP contribution in [0.2, 0.25) is 0 Å². The summed E-state index contributed by atoms with van der Waals surface area (Å²) in [6.07, 6.45) is 1.68. The average molecular weight is 503 g/mol. The zero-order chi connectivity index (χ0) is 26.0. The van der Waals surface area contributed by atoms with Crippen molar-refractivity contribution < 1.29 is 18.9 Å². The van der Waals surface area contributed by atoms with Crippen LogP contribution in [0, 0.1) is 22.7 Å². The minimum Gasteiger partial charge on any atom is -0.493 e. The van der Waals surface area contributed by atoms with Gasteiger partial charge in [-0.15, -0.1) is 11.3 Å². The Balaban J connectivity index is 1.99. The highest BCUT2D eigenvalue weighted by Crippen LogP contribution is 2.39. The molecule has 36 heavy (non-hydrogen) atoms. The van der Waals surface area contributed by atoms with Crippen LogP contribution in [0.3, 0.4) is 0 Å². The minimum atomic E-state index is -0.771. The van der Waals surface area contributed by atoms with E-state index < -0.39 is 11.5 Å². The molecule has 0 amide bonds. The lowest BCUT2D eigenvalue weighted by Gasteiger charge is -2.23. The molecule has 2 heterocycles. The van der Waals surface area contributed by atoms with E-state index in [9.17, 15) is 15.3 Å². The number of nitrogens with two attached hydrogens (primary N) is 1. The Morgan fingerprint density at radius 3 is 2.06 bits per heavy atom. The van der Waals surface area contributed by atoms with Crippen LogP contribution in [0.5, 0.6) is 23.0 Å². The summed E-state index contributed by atoms with van der Waals surface area (Å²) in [5.74, 6) is 1.23. The van der Waals surface area contributed by atoms with Gasteiger partial charge in [-0.25, -0.2) is 0 Å². The Hall–Kier alpha value is -4.67. The molecule has 1 aliphatic heterocycles. The second-order valence-corrected chi connectivity index (χ2v) is 8.69. The average Bonchev–Trinajstić information content (AvgIpc) is 3.23. The summed E-state index contributed by atoms with van der Waals surface area (Å²) in [5.41, 5.74) is 7.59. The predicted octanol–water partition coefficient (Wildman–Crippen LogP) is 1.90. The first kappa shape index (κ1) is 24.5. The Labute approximate surface area is 210 Å². The molecule has 0 aliphatic carbocycles. The van der Waals surface area contributed by atoms with Gasteiger partial charge in [0.2, 0.25) is 0 Å². The van der Waals surface area contributed by atoms with Gasteiger partial charge in [0.1, 0.15) is 10.5 Å². The number of rotatable bonds is 6. The van der Waals surface area contributed by atoms with Gasteiger partial charge >= 0.3 is 0 Å². The molecule has 0 fully saturated rings. The molecule has 0 spiro atoms. The summed E-state index contributed by atoms with van der Waals surface area (Å²) >= 11 is 1.13. The Morgan fingerprint density at radius 2 is 1.47 bits per heavy atom. The molecule has 4 rings (SSSR count). The fourth-order valence-electron chi connectivity index (χ4n) is 4.11. The largest absolute Gasteiger partial charge is 0.493 e. The quantitative estimate of drug-likeness (QED) is 0.540. The third-order valence-corrected chi connectivity index (χ3v) is 6.94. The van der Waals surface area contributed by atoms with Gasteiger partial charge in [0.05, 0.1) is 62.2 Å². The van der Waals surface area contributed by atoms with E-state index in [2.05, 4.69) is 12.1 Å². The molecule has 182 valence electrons.